The smallest absolute Gasteiger partial charge is 0.408 e. The predicted octanol–water partition coefficient (Wildman–Crippen LogP) is 4.01. The molecule has 6 nitrogen and oxygen atoms in total. The van der Waals surface area contributed by atoms with Crippen LogP contribution >= 0.6 is 0 Å². The largest absolute Gasteiger partial charge is 0.480 e. The van der Waals surface area contributed by atoms with E-state index in [0.29, 0.717) is 0 Å². The van der Waals surface area contributed by atoms with Gasteiger partial charge in [0, 0.05) is 24.7 Å². The fraction of sp³-hybridized carbons (Fsp3) is 0.208. The molecule has 152 valence electrons. The molecule has 2 N–H and O–H groups in total. The number of alkyl carbamates (subject to hydrolysis) is 1. The summed E-state index contributed by atoms with van der Waals surface area (Å²) in [7, 11) is 0. The van der Waals surface area contributed by atoms with Gasteiger partial charge in [0.25, 0.3) is 0 Å². The molecular weight excluding hydrogens is 380 g/mol. The molecule has 1 aromatic heterocycles. The van der Waals surface area contributed by atoms with Gasteiger partial charge in [-0.3, -0.25) is 4.98 Å². The fourth-order valence-corrected chi connectivity index (χ4v) is 3.94. The molecule has 0 saturated heterocycles. The quantitative estimate of drug-likeness (QED) is 0.650. The second-order valence-corrected chi connectivity index (χ2v) is 7.62. The Balaban J connectivity index is 1.47. The van der Waals surface area contributed by atoms with Gasteiger partial charge in [-0.15, -0.1) is 0 Å². The third kappa shape index (κ3) is 3.76. The van der Waals surface area contributed by atoms with E-state index in [1.807, 2.05) is 36.4 Å². The molecular formula is C24H22N2O4. The lowest BCUT2D eigenvalue weighted by molar-refractivity contribution is -0.143. The van der Waals surface area contributed by atoms with Gasteiger partial charge in [-0.05, 0) is 46.9 Å². The highest BCUT2D eigenvalue weighted by atomic mass is 16.5. The van der Waals surface area contributed by atoms with E-state index in [1.165, 1.54) is 6.92 Å². The summed E-state index contributed by atoms with van der Waals surface area (Å²) in [6.45, 7) is 1.60. The number of carbonyl (C=O) groups excluding carboxylic acids is 1. The number of carboxylic acids is 1. The molecule has 30 heavy (non-hydrogen) atoms. The van der Waals surface area contributed by atoms with Crippen molar-refractivity contribution in [2.24, 2.45) is 0 Å². The number of ether oxygens (including phenoxy) is 1. The number of nitrogens with zero attached hydrogens (tertiary/aromatic N) is 1. The lowest BCUT2D eigenvalue weighted by atomic mass is 9.93. The van der Waals surface area contributed by atoms with Crippen LogP contribution in [0, 0.1) is 0 Å². The van der Waals surface area contributed by atoms with Crippen LogP contribution in [0.2, 0.25) is 0 Å². The molecule has 1 atom stereocenters. The summed E-state index contributed by atoms with van der Waals surface area (Å²) < 4.78 is 5.50. The molecule has 1 aliphatic carbocycles. The van der Waals surface area contributed by atoms with Crippen molar-refractivity contribution in [3.63, 3.8) is 0 Å². The SMILES string of the molecule is C[C@@](Cc1ccncc1)(NC(=O)OCC1c2ccccc2-c2ccccc21)C(=O)O. The lowest BCUT2D eigenvalue weighted by Crippen LogP contribution is -2.54. The molecule has 1 aliphatic rings. The average molecular weight is 402 g/mol. The van der Waals surface area contributed by atoms with Crippen LogP contribution in [0.3, 0.4) is 0 Å². The van der Waals surface area contributed by atoms with Crippen molar-refractivity contribution < 1.29 is 19.4 Å². The van der Waals surface area contributed by atoms with E-state index in [-0.39, 0.29) is 18.9 Å². The molecule has 0 radical (unpaired) electrons. The van der Waals surface area contributed by atoms with Crippen LogP contribution in [0.25, 0.3) is 11.1 Å². The number of fused-ring (bicyclic) bond motifs is 3. The number of amides is 1. The van der Waals surface area contributed by atoms with Crippen molar-refractivity contribution in [2.75, 3.05) is 6.61 Å². The van der Waals surface area contributed by atoms with Crippen LogP contribution < -0.4 is 5.32 Å². The second-order valence-electron chi connectivity index (χ2n) is 7.62. The molecule has 0 bridgehead atoms. The zero-order valence-corrected chi connectivity index (χ0v) is 16.5. The summed E-state index contributed by atoms with van der Waals surface area (Å²) in [5.41, 5.74) is 3.73. The predicted molar refractivity (Wildman–Crippen MR) is 112 cm³/mol. The molecule has 1 heterocycles. The molecule has 0 spiro atoms. The first-order chi connectivity index (χ1) is 14.5. The van der Waals surface area contributed by atoms with E-state index in [2.05, 4.69) is 22.4 Å². The van der Waals surface area contributed by atoms with E-state index >= 15 is 0 Å². The molecule has 0 unspecified atom stereocenters. The van der Waals surface area contributed by atoms with Crippen molar-refractivity contribution in [3.8, 4) is 11.1 Å². The number of pyridine rings is 1. The molecule has 4 rings (SSSR count). The maximum absolute atomic E-state index is 12.5. The first kappa shape index (κ1) is 19.6. The van der Waals surface area contributed by atoms with Crippen molar-refractivity contribution in [3.05, 3.63) is 89.7 Å². The van der Waals surface area contributed by atoms with Crippen LogP contribution in [0.15, 0.2) is 73.1 Å². The van der Waals surface area contributed by atoms with Crippen LogP contribution in [-0.4, -0.2) is 34.3 Å². The highest BCUT2D eigenvalue weighted by molar-refractivity contribution is 5.84. The summed E-state index contributed by atoms with van der Waals surface area (Å²) in [6.07, 6.45) is 2.54. The fourth-order valence-electron chi connectivity index (χ4n) is 3.94. The Kier molecular flexibility index (Phi) is 5.23. The summed E-state index contributed by atoms with van der Waals surface area (Å²) in [5.74, 6) is -1.22. The summed E-state index contributed by atoms with van der Waals surface area (Å²) in [6, 6.07) is 19.5. The van der Waals surface area contributed by atoms with Crippen molar-refractivity contribution in [2.45, 2.75) is 24.8 Å². The molecule has 0 fully saturated rings. The summed E-state index contributed by atoms with van der Waals surface area (Å²) >= 11 is 0. The maximum Gasteiger partial charge on any atom is 0.408 e. The Morgan fingerprint density at radius 3 is 2.13 bits per heavy atom. The highest BCUT2D eigenvalue weighted by Gasteiger charge is 2.36. The molecule has 6 heteroatoms. The van der Waals surface area contributed by atoms with E-state index < -0.39 is 17.6 Å². The number of carboxylic acid groups (broad SMARTS) is 1. The molecule has 0 aliphatic heterocycles. The van der Waals surface area contributed by atoms with Crippen molar-refractivity contribution >= 4 is 12.1 Å². The molecule has 2 aromatic carbocycles. The number of hydrogen-bond donors (Lipinski definition) is 2. The van der Waals surface area contributed by atoms with E-state index in [9.17, 15) is 14.7 Å². The minimum absolute atomic E-state index is 0.0839. The molecule has 0 saturated carbocycles. The number of carbonyl (C=O) groups is 2. The van der Waals surface area contributed by atoms with Crippen LogP contribution in [0.5, 0.6) is 0 Å². The number of rotatable bonds is 6. The lowest BCUT2D eigenvalue weighted by Gasteiger charge is -2.26. The Bertz CT molecular complexity index is 1040. The Morgan fingerprint density at radius 1 is 1.00 bits per heavy atom. The maximum atomic E-state index is 12.5. The minimum atomic E-state index is -1.50. The number of nitrogens with one attached hydrogen (secondary N) is 1. The third-order valence-electron chi connectivity index (χ3n) is 5.50. The van der Waals surface area contributed by atoms with Gasteiger partial charge >= 0.3 is 12.1 Å². The Labute approximate surface area is 174 Å². The third-order valence-corrected chi connectivity index (χ3v) is 5.50. The first-order valence-corrected chi connectivity index (χ1v) is 9.73. The second kappa shape index (κ2) is 7.99. The highest BCUT2D eigenvalue weighted by Crippen LogP contribution is 2.44. The normalized spacial score (nSPS) is 14.3. The Morgan fingerprint density at radius 2 is 1.57 bits per heavy atom. The zero-order chi connectivity index (χ0) is 21.1. The van der Waals surface area contributed by atoms with Gasteiger partial charge in [-0.25, -0.2) is 9.59 Å². The average Bonchev–Trinajstić information content (AvgIpc) is 3.06. The summed E-state index contributed by atoms with van der Waals surface area (Å²) in [4.78, 5) is 28.3. The van der Waals surface area contributed by atoms with Gasteiger partial charge in [0.05, 0.1) is 0 Å². The van der Waals surface area contributed by atoms with Gasteiger partial charge in [-0.1, -0.05) is 48.5 Å². The first-order valence-electron chi connectivity index (χ1n) is 9.73. The van der Waals surface area contributed by atoms with Gasteiger partial charge in [-0.2, -0.15) is 0 Å². The van der Waals surface area contributed by atoms with Crippen LogP contribution in [0.4, 0.5) is 4.79 Å². The standard InChI is InChI=1S/C24H22N2O4/c1-24(22(27)28,14-16-10-12-25-13-11-16)26-23(29)30-15-21-19-8-4-2-6-17(19)18-7-3-5-9-20(18)21/h2-13,21H,14-15H2,1H3,(H,26,29)(H,27,28)/t24-/m0/s1. The van der Waals surface area contributed by atoms with Gasteiger partial charge in [0.1, 0.15) is 12.1 Å². The minimum Gasteiger partial charge on any atom is -0.480 e. The van der Waals surface area contributed by atoms with E-state index in [1.54, 1.807) is 24.5 Å². The molecule has 1 amide bonds. The van der Waals surface area contributed by atoms with E-state index in [4.69, 9.17) is 4.74 Å². The Hall–Kier alpha value is -3.67. The van der Waals surface area contributed by atoms with Crippen LogP contribution in [-0.2, 0) is 16.0 Å². The summed E-state index contributed by atoms with van der Waals surface area (Å²) in [5, 5.41) is 12.2. The van der Waals surface area contributed by atoms with E-state index in [0.717, 1.165) is 27.8 Å². The van der Waals surface area contributed by atoms with Crippen molar-refractivity contribution in [1.29, 1.82) is 0 Å². The zero-order valence-electron chi connectivity index (χ0n) is 16.5. The van der Waals surface area contributed by atoms with Crippen LogP contribution in [0.1, 0.15) is 29.5 Å². The van der Waals surface area contributed by atoms with Gasteiger partial charge < -0.3 is 15.2 Å². The van der Waals surface area contributed by atoms with Crippen molar-refractivity contribution in [1.82, 2.24) is 10.3 Å². The number of aromatic nitrogens is 1. The number of aliphatic carboxylic acids is 1. The molecule has 3 aromatic rings. The van der Waals surface area contributed by atoms with Gasteiger partial charge in [0.2, 0.25) is 0 Å². The topological polar surface area (TPSA) is 88.5 Å². The number of benzene rings is 2. The number of hydrogen-bond acceptors (Lipinski definition) is 4. The monoisotopic (exact) mass is 402 g/mol. The van der Waals surface area contributed by atoms with Gasteiger partial charge in [0.15, 0.2) is 0 Å².